The first-order valence-electron chi connectivity index (χ1n) is 5.08. The lowest BCUT2D eigenvalue weighted by atomic mass is 10.3. The van der Waals surface area contributed by atoms with Crippen molar-refractivity contribution in [1.29, 1.82) is 0 Å². The first kappa shape index (κ1) is 13.9. The maximum Gasteiger partial charge on any atom is 0.332 e. The quantitative estimate of drug-likeness (QED) is 0.437. The number of anilines is 1. The summed E-state index contributed by atoms with van der Waals surface area (Å²) in [7, 11) is 1.60. The van der Waals surface area contributed by atoms with Crippen LogP contribution in [-0.4, -0.2) is 23.8 Å². The molecule has 18 heavy (non-hydrogen) atoms. The molecule has 1 aromatic rings. The molecule has 0 bridgehead atoms. The van der Waals surface area contributed by atoms with E-state index in [4.69, 9.17) is 22.7 Å². The first-order chi connectivity index (χ1) is 8.52. The molecule has 0 heterocycles. The number of hydrogen-bond acceptors (Lipinski definition) is 4. The molecule has 96 valence electrons. The van der Waals surface area contributed by atoms with E-state index in [1.807, 2.05) is 12.1 Å². The standard InChI is InChI=1S/C11H14N4O2S/c1-7(14-15-11(12)16)10(18)13-8-3-5-9(17-2)6-4-8/h3-6H,1-2H3,(H,13,18)(H3,12,15,16)/b14-7-. The molecular formula is C11H14N4O2S. The van der Waals surface area contributed by atoms with Crippen LogP contribution >= 0.6 is 12.2 Å². The van der Waals surface area contributed by atoms with E-state index in [0.29, 0.717) is 10.7 Å². The fourth-order valence-corrected chi connectivity index (χ4v) is 1.25. The monoisotopic (exact) mass is 266 g/mol. The molecular weight excluding hydrogens is 252 g/mol. The average Bonchev–Trinajstić information content (AvgIpc) is 2.36. The summed E-state index contributed by atoms with van der Waals surface area (Å²) in [4.78, 5) is 10.9. The summed E-state index contributed by atoms with van der Waals surface area (Å²) in [6.07, 6.45) is 0. The van der Waals surface area contributed by atoms with E-state index in [0.717, 1.165) is 11.4 Å². The third-order valence-electron chi connectivity index (χ3n) is 2.01. The zero-order chi connectivity index (χ0) is 13.5. The topological polar surface area (TPSA) is 88.7 Å². The summed E-state index contributed by atoms with van der Waals surface area (Å²) in [5, 5.41) is 6.69. The molecule has 0 aliphatic carbocycles. The largest absolute Gasteiger partial charge is 0.497 e. The Hall–Kier alpha value is -2.15. The second-order valence-corrected chi connectivity index (χ2v) is 3.76. The van der Waals surface area contributed by atoms with Gasteiger partial charge in [-0.2, -0.15) is 5.10 Å². The Balaban J connectivity index is 2.63. The van der Waals surface area contributed by atoms with Crippen LogP contribution in [0.3, 0.4) is 0 Å². The number of nitrogens with two attached hydrogens (primary N) is 1. The number of thiocarbonyl (C=S) groups is 1. The van der Waals surface area contributed by atoms with Gasteiger partial charge < -0.3 is 15.8 Å². The number of ether oxygens (including phenoxy) is 1. The Labute approximate surface area is 110 Å². The lowest BCUT2D eigenvalue weighted by molar-refractivity contribution is 0.249. The van der Waals surface area contributed by atoms with Crippen LogP contribution in [0.25, 0.3) is 0 Å². The number of carbonyl (C=O) groups is 1. The maximum absolute atomic E-state index is 10.5. The molecule has 0 saturated heterocycles. The van der Waals surface area contributed by atoms with Crippen molar-refractivity contribution in [3.63, 3.8) is 0 Å². The van der Waals surface area contributed by atoms with Crippen LogP contribution in [0.1, 0.15) is 6.92 Å². The number of nitrogens with zero attached hydrogens (tertiary/aromatic N) is 1. The third kappa shape index (κ3) is 4.38. The molecule has 0 spiro atoms. The Morgan fingerprint density at radius 3 is 2.50 bits per heavy atom. The number of amides is 2. The normalized spacial score (nSPS) is 10.7. The summed E-state index contributed by atoms with van der Waals surface area (Å²) in [6.45, 7) is 1.66. The Kier molecular flexibility index (Phi) is 5.06. The van der Waals surface area contributed by atoms with E-state index in [-0.39, 0.29) is 0 Å². The maximum atomic E-state index is 10.5. The fourth-order valence-electron chi connectivity index (χ4n) is 1.09. The molecule has 0 saturated carbocycles. The van der Waals surface area contributed by atoms with Crippen LogP contribution in [0.4, 0.5) is 10.5 Å². The van der Waals surface area contributed by atoms with Crippen molar-refractivity contribution in [2.45, 2.75) is 6.92 Å². The van der Waals surface area contributed by atoms with Gasteiger partial charge >= 0.3 is 6.03 Å². The Morgan fingerprint density at radius 1 is 1.39 bits per heavy atom. The molecule has 0 aliphatic rings. The molecule has 1 rings (SSSR count). The van der Waals surface area contributed by atoms with E-state index in [9.17, 15) is 4.79 Å². The van der Waals surface area contributed by atoms with Gasteiger partial charge in [0.2, 0.25) is 0 Å². The molecule has 0 aromatic heterocycles. The summed E-state index contributed by atoms with van der Waals surface area (Å²) in [5.41, 5.74) is 8.26. The van der Waals surface area contributed by atoms with Gasteiger partial charge in [0, 0.05) is 5.69 Å². The zero-order valence-corrected chi connectivity index (χ0v) is 10.9. The molecule has 0 atom stereocenters. The van der Waals surface area contributed by atoms with Gasteiger partial charge in [0.25, 0.3) is 0 Å². The minimum atomic E-state index is -0.735. The summed E-state index contributed by atoms with van der Waals surface area (Å²) in [5.74, 6) is 0.757. The van der Waals surface area contributed by atoms with Crippen molar-refractivity contribution in [3.8, 4) is 5.75 Å². The number of methoxy groups -OCH3 is 1. The lowest BCUT2D eigenvalue weighted by Gasteiger charge is -2.08. The van der Waals surface area contributed by atoms with E-state index >= 15 is 0 Å². The van der Waals surface area contributed by atoms with Crippen LogP contribution in [0.15, 0.2) is 29.4 Å². The number of carbonyl (C=O) groups excluding carboxylic acids is 1. The number of nitrogens with one attached hydrogen (secondary N) is 2. The van der Waals surface area contributed by atoms with Crippen LogP contribution in [0.5, 0.6) is 5.75 Å². The molecule has 0 aliphatic heterocycles. The van der Waals surface area contributed by atoms with Gasteiger partial charge in [0.15, 0.2) is 0 Å². The molecule has 1 aromatic carbocycles. The molecule has 4 N–H and O–H groups in total. The highest BCUT2D eigenvalue weighted by atomic mass is 32.1. The number of benzene rings is 1. The molecule has 6 nitrogen and oxygen atoms in total. The second kappa shape index (κ2) is 6.55. The fraction of sp³-hybridized carbons (Fsp3) is 0.182. The Bertz CT molecular complexity index is 470. The smallest absolute Gasteiger partial charge is 0.332 e. The predicted molar refractivity (Wildman–Crippen MR) is 75.0 cm³/mol. The van der Waals surface area contributed by atoms with Crippen LogP contribution < -0.4 is 21.2 Å². The number of hydrogen-bond donors (Lipinski definition) is 3. The van der Waals surface area contributed by atoms with Crippen molar-refractivity contribution < 1.29 is 9.53 Å². The van der Waals surface area contributed by atoms with Crippen LogP contribution in [0.2, 0.25) is 0 Å². The van der Waals surface area contributed by atoms with E-state index in [1.165, 1.54) is 0 Å². The molecule has 2 amide bonds. The summed E-state index contributed by atoms with van der Waals surface area (Å²) in [6, 6.07) is 6.51. The van der Waals surface area contributed by atoms with Gasteiger partial charge in [-0.05, 0) is 31.2 Å². The lowest BCUT2D eigenvalue weighted by Crippen LogP contribution is -2.28. The SMILES string of the molecule is COc1ccc(NC(=S)/C(C)=N\NC(N)=O)cc1. The summed E-state index contributed by atoms with van der Waals surface area (Å²) >= 11 is 5.11. The van der Waals surface area contributed by atoms with Crippen molar-refractivity contribution in [1.82, 2.24) is 5.43 Å². The third-order valence-corrected chi connectivity index (χ3v) is 2.41. The minimum absolute atomic E-state index is 0.397. The van der Waals surface area contributed by atoms with Crippen molar-refractivity contribution in [2.24, 2.45) is 10.8 Å². The highest BCUT2D eigenvalue weighted by Gasteiger charge is 2.02. The number of rotatable bonds is 4. The molecule has 0 fully saturated rings. The predicted octanol–water partition coefficient (Wildman–Crippen LogP) is 1.48. The second-order valence-electron chi connectivity index (χ2n) is 3.36. The van der Waals surface area contributed by atoms with Crippen molar-refractivity contribution in [2.75, 3.05) is 12.4 Å². The van der Waals surface area contributed by atoms with Crippen molar-refractivity contribution >= 4 is 34.6 Å². The van der Waals surface area contributed by atoms with Crippen LogP contribution in [0, 0.1) is 0 Å². The zero-order valence-electron chi connectivity index (χ0n) is 10.1. The molecule has 7 heteroatoms. The minimum Gasteiger partial charge on any atom is -0.497 e. The first-order valence-corrected chi connectivity index (χ1v) is 5.49. The number of primary amides is 1. The Morgan fingerprint density at radius 2 is 2.00 bits per heavy atom. The average molecular weight is 266 g/mol. The number of hydrazone groups is 1. The van der Waals surface area contributed by atoms with Gasteiger partial charge in [-0.1, -0.05) is 12.2 Å². The van der Waals surface area contributed by atoms with Gasteiger partial charge in [-0.15, -0.1) is 0 Å². The van der Waals surface area contributed by atoms with E-state index < -0.39 is 6.03 Å². The van der Waals surface area contributed by atoms with E-state index in [1.54, 1.807) is 26.2 Å². The van der Waals surface area contributed by atoms with E-state index in [2.05, 4.69) is 15.8 Å². The van der Waals surface area contributed by atoms with Gasteiger partial charge in [0.1, 0.15) is 10.7 Å². The van der Waals surface area contributed by atoms with Crippen LogP contribution in [-0.2, 0) is 0 Å². The van der Waals surface area contributed by atoms with Gasteiger partial charge in [-0.3, -0.25) is 0 Å². The highest BCUT2D eigenvalue weighted by Crippen LogP contribution is 2.15. The molecule has 0 unspecified atom stereocenters. The molecule has 0 radical (unpaired) electrons. The van der Waals surface area contributed by atoms with Gasteiger partial charge in [-0.25, -0.2) is 10.2 Å². The van der Waals surface area contributed by atoms with Crippen molar-refractivity contribution in [3.05, 3.63) is 24.3 Å². The summed E-state index contributed by atoms with van der Waals surface area (Å²) < 4.78 is 5.04. The highest BCUT2D eigenvalue weighted by molar-refractivity contribution is 7.82. The van der Waals surface area contributed by atoms with Gasteiger partial charge in [0.05, 0.1) is 12.8 Å². The number of urea groups is 1.